The lowest BCUT2D eigenvalue weighted by Crippen LogP contribution is -2.31. The predicted molar refractivity (Wildman–Crippen MR) is 102 cm³/mol. The fourth-order valence-corrected chi connectivity index (χ4v) is 2.71. The lowest BCUT2D eigenvalue weighted by molar-refractivity contribution is 0.249. The Morgan fingerprint density at radius 1 is 1.22 bits per heavy atom. The number of amides is 2. The van der Waals surface area contributed by atoms with Gasteiger partial charge in [0.15, 0.2) is 5.82 Å². The van der Waals surface area contributed by atoms with Crippen LogP contribution in [0.25, 0.3) is 5.69 Å². The van der Waals surface area contributed by atoms with Crippen LogP contribution in [0.5, 0.6) is 5.75 Å². The molecule has 0 saturated heterocycles. The maximum atomic E-state index is 12.4. The van der Waals surface area contributed by atoms with Gasteiger partial charge in [-0.05, 0) is 60.2 Å². The van der Waals surface area contributed by atoms with Crippen molar-refractivity contribution in [3.05, 3.63) is 58.9 Å². The van der Waals surface area contributed by atoms with Crippen LogP contribution in [0.4, 0.5) is 10.5 Å². The highest BCUT2D eigenvalue weighted by Gasteiger charge is 2.14. The van der Waals surface area contributed by atoms with E-state index in [1.807, 2.05) is 19.1 Å². The molecule has 3 aromatic rings. The van der Waals surface area contributed by atoms with Crippen LogP contribution in [0, 0.1) is 6.92 Å². The summed E-state index contributed by atoms with van der Waals surface area (Å²) in [5.74, 6) is 1.19. The number of hydrogen-bond donors (Lipinski definition) is 2. The molecule has 2 N–H and O–H groups in total. The van der Waals surface area contributed by atoms with E-state index >= 15 is 0 Å². The number of nitrogens with one attached hydrogen (secondary N) is 2. The zero-order valence-corrected chi connectivity index (χ0v) is 15.9. The summed E-state index contributed by atoms with van der Waals surface area (Å²) in [6.45, 7) is 3.67. The largest absolute Gasteiger partial charge is 0.494 e. The van der Waals surface area contributed by atoms with Crippen LogP contribution in [-0.4, -0.2) is 33.3 Å². The molecule has 2 aromatic carbocycles. The first-order valence-corrected chi connectivity index (χ1v) is 8.62. The molecule has 1 heterocycles. The Morgan fingerprint density at radius 3 is 2.59 bits per heavy atom. The second-order valence-corrected chi connectivity index (χ2v) is 6.33. The van der Waals surface area contributed by atoms with Crippen LogP contribution in [0.3, 0.4) is 0 Å². The molecule has 1 unspecified atom stereocenters. The van der Waals surface area contributed by atoms with Crippen molar-refractivity contribution in [3.63, 3.8) is 0 Å². The van der Waals surface area contributed by atoms with E-state index < -0.39 is 0 Å². The van der Waals surface area contributed by atoms with E-state index in [0.29, 0.717) is 28.0 Å². The number of anilines is 1. The average molecular weight is 387 g/mol. The fraction of sp³-hybridized carbons (Fsp3) is 0.222. The summed E-state index contributed by atoms with van der Waals surface area (Å²) < 4.78 is 6.90. The number of rotatable bonds is 5. The number of aryl methyl sites for hydroxylation is 1. The van der Waals surface area contributed by atoms with Gasteiger partial charge >= 0.3 is 6.03 Å². The maximum absolute atomic E-state index is 12.4. The molecule has 0 aliphatic carbocycles. The van der Waals surface area contributed by atoms with Crippen LogP contribution < -0.4 is 15.4 Å². The number of nitrogens with zero attached hydrogens (tertiary/aromatic N) is 4. The number of carbonyl (C=O) groups is 1. The van der Waals surface area contributed by atoms with Crippen LogP contribution >= 0.6 is 11.6 Å². The summed E-state index contributed by atoms with van der Waals surface area (Å²) in [5.41, 5.74) is 2.17. The van der Waals surface area contributed by atoms with Gasteiger partial charge in [0.05, 0.1) is 13.2 Å². The molecular weight excluding hydrogens is 368 g/mol. The van der Waals surface area contributed by atoms with Crippen molar-refractivity contribution in [2.75, 3.05) is 12.4 Å². The van der Waals surface area contributed by atoms with E-state index in [9.17, 15) is 4.79 Å². The van der Waals surface area contributed by atoms with Crippen molar-refractivity contribution in [3.8, 4) is 11.4 Å². The molecule has 1 atom stereocenters. The molecule has 8 nitrogen and oxygen atoms in total. The van der Waals surface area contributed by atoms with Crippen molar-refractivity contribution in [2.45, 2.75) is 19.9 Å². The lowest BCUT2D eigenvalue weighted by atomic mass is 10.1. The van der Waals surface area contributed by atoms with E-state index in [4.69, 9.17) is 16.3 Å². The molecule has 0 aliphatic heterocycles. The minimum Gasteiger partial charge on any atom is -0.494 e. The fourth-order valence-electron chi connectivity index (χ4n) is 2.59. The standard InChI is InChI=1S/C18H19ClN6O2/c1-11(13-4-6-14(19)7-5-13)20-18(26)21-15-8-9-17(27-3)16(10-15)25-12(2)22-23-24-25/h4-11H,1-3H3,(H2,20,21,26). The molecule has 0 radical (unpaired) electrons. The first-order valence-electron chi connectivity index (χ1n) is 8.24. The molecule has 0 saturated carbocycles. The highest BCUT2D eigenvalue weighted by molar-refractivity contribution is 6.30. The van der Waals surface area contributed by atoms with Crippen LogP contribution in [-0.2, 0) is 0 Å². The van der Waals surface area contributed by atoms with Gasteiger partial charge in [0.25, 0.3) is 0 Å². The van der Waals surface area contributed by atoms with Gasteiger partial charge in [0, 0.05) is 10.7 Å². The van der Waals surface area contributed by atoms with Crippen molar-refractivity contribution in [1.82, 2.24) is 25.5 Å². The van der Waals surface area contributed by atoms with E-state index in [1.54, 1.807) is 44.4 Å². The number of halogens is 1. The van der Waals surface area contributed by atoms with Crippen molar-refractivity contribution in [1.29, 1.82) is 0 Å². The minimum absolute atomic E-state index is 0.179. The third-order valence-electron chi connectivity index (χ3n) is 4.01. The van der Waals surface area contributed by atoms with Crippen LogP contribution in [0.1, 0.15) is 24.4 Å². The summed E-state index contributed by atoms with van der Waals surface area (Å²) in [6, 6.07) is 12.1. The molecule has 0 bridgehead atoms. The Hall–Kier alpha value is -3.13. The van der Waals surface area contributed by atoms with Gasteiger partial charge in [-0.2, -0.15) is 4.68 Å². The number of tetrazole rings is 1. The van der Waals surface area contributed by atoms with Crippen molar-refractivity contribution >= 4 is 23.3 Å². The Labute approximate surface area is 161 Å². The molecule has 9 heteroatoms. The zero-order chi connectivity index (χ0) is 19.4. The smallest absolute Gasteiger partial charge is 0.319 e. The number of methoxy groups -OCH3 is 1. The molecule has 0 spiro atoms. The van der Waals surface area contributed by atoms with Gasteiger partial charge in [0.2, 0.25) is 0 Å². The molecular formula is C18H19ClN6O2. The molecule has 2 amide bonds. The topological polar surface area (TPSA) is 94.0 Å². The van der Waals surface area contributed by atoms with E-state index in [0.717, 1.165) is 5.56 Å². The van der Waals surface area contributed by atoms with Gasteiger partial charge in [-0.1, -0.05) is 23.7 Å². The molecule has 140 valence electrons. The molecule has 0 fully saturated rings. The summed E-state index contributed by atoms with van der Waals surface area (Å²) >= 11 is 5.90. The first-order chi connectivity index (χ1) is 13.0. The number of aromatic nitrogens is 4. The number of carbonyl (C=O) groups excluding carboxylic acids is 1. The third kappa shape index (κ3) is 4.35. The van der Waals surface area contributed by atoms with E-state index in [-0.39, 0.29) is 12.1 Å². The van der Waals surface area contributed by atoms with E-state index in [1.165, 1.54) is 4.68 Å². The summed E-state index contributed by atoms with van der Waals surface area (Å²) in [6.07, 6.45) is 0. The van der Waals surface area contributed by atoms with Gasteiger partial charge in [0.1, 0.15) is 11.4 Å². The SMILES string of the molecule is COc1ccc(NC(=O)NC(C)c2ccc(Cl)cc2)cc1-n1nnnc1C. The highest BCUT2D eigenvalue weighted by atomic mass is 35.5. The first kappa shape index (κ1) is 18.7. The number of ether oxygens (including phenoxy) is 1. The Balaban J connectivity index is 1.74. The number of hydrogen-bond acceptors (Lipinski definition) is 5. The molecule has 3 rings (SSSR count). The minimum atomic E-state index is -0.331. The lowest BCUT2D eigenvalue weighted by Gasteiger charge is -2.16. The Bertz CT molecular complexity index is 941. The summed E-state index contributed by atoms with van der Waals surface area (Å²) in [5, 5.41) is 17.8. The van der Waals surface area contributed by atoms with Gasteiger partial charge < -0.3 is 15.4 Å². The Kier molecular flexibility index (Phi) is 5.56. The second kappa shape index (κ2) is 8.05. The number of benzene rings is 2. The van der Waals surface area contributed by atoms with Gasteiger partial charge in [-0.3, -0.25) is 0 Å². The van der Waals surface area contributed by atoms with Gasteiger partial charge in [-0.25, -0.2) is 4.79 Å². The summed E-state index contributed by atoms with van der Waals surface area (Å²) in [4.78, 5) is 12.4. The molecule has 27 heavy (non-hydrogen) atoms. The monoisotopic (exact) mass is 386 g/mol. The van der Waals surface area contributed by atoms with E-state index in [2.05, 4.69) is 26.2 Å². The average Bonchev–Trinajstić information content (AvgIpc) is 3.07. The molecule has 0 aliphatic rings. The molecule has 1 aromatic heterocycles. The predicted octanol–water partition coefficient (Wildman–Crippen LogP) is 3.52. The zero-order valence-electron chi connectivity index (χ0n) is 15.1. The normalized spacial score (nSPS) is 11.7. The number of urea groups is 1. The summed E-state index contributed by atoms with van der Waals surface area (Å²) in [7, 11) is 1.56. The quantitative estimate of drug-likeness (QED) is 0.699. The van der Waals surface area contributed by atoms with Crippen molar-refractivity contribution < 1.29 is 9.53 Å². The third-order valence-corrected chi connectivity index (χ3v) is 4.26. The highest BCUT2D eigenvalue weighted by Crippen LogP contribution is 2.26. The van der Waals surface area contributed by atoms with Crippen LogP contribution in [0.2, 0.25) is 5.02 Å². The second-order valence-electron chi connectivity index (χ2n) is 5.90. The van der Waals surface area contributed by atoms with Gasteiger partial charge in [-0.15, -0.1) is 5.10 Å². The van der Waals surface area contributed by atoms with Crippen LogP contribution in [0.15, 0.2) is 42.5 Å². The maximum Gasteiger partial charge on any atom is 0.319 e. The Morgan fingerprint density at radius 2 is 1.96 bits per heavy atom. The van der Waals surface area contributed by atoms with Crippen molar-refractivity contribution in [2.24, 2.45) is 0 Å².